The molecule has 1 heterocycles. The Bertz CT molecular complexity index is 112. The Morgan fingerprint density at radius 2 is 2.30 bits per heavy atom. The van der Waals surface area contributed by atoms with Gasteiger partial charge in [-0.1, -0.05) is 34.7 Å². The van der Waals surface area contributed by atoms with E-state index in [1.807, 2.05) is 0 Å². The van der Waals surface area contributed by atoms with Gasteiger partial charge in [0.1, 0.15) is 0 Å². The first-order valence-corrected chi connectivity index (χ1v) is 5.39. The third kappa shape index (κ3) is 3.01. The second-order valence-electron chi connectivity index (χ2n) is 2.60. The summed E-state index contributed by atoms with van der Waals surface area (Å²) in [6.45, 7) is 3.73. The van der Waals surface area contributed by atoms with Crippen LogP contribution in [-0.4, -0.2) is 29.0 Å². The van der Waals surface area contributed by atoms with Crippen molar-refractivity contribution in [2.75, 3.05) is 24.1 Å². The standard InChI is InChI=1S/C8H14IN/c9-5-4-8-10-6-2-1-3-7-10/h1-2H,3-8H2. The van der Waals surface area contributed by atoms with Crippen LogP contribution in [0.4, 0.5) is 0 Å². The predicted octanol–water partition coefficient (Wildman–Crippen LogP) is 2.07. The lowest BCUT2D eigenvalue weighted by Gasteiger charge is -2.22. The minimum atomic E-state index is 1.18. The highest BCUT2D eigenvalue weighted by molar-refractivity contribution is 14.1. The van der Waals surface area contributed by atoms with Gasteiger partial charge < -0.3 is 0 Å². The van der Waals surface area contributed by atoms with Crippen molar-refractivity contribution in [3.05, 3.63) is 12.2 Å². The van der Waals surface area contributed by atoms with Crippen LogP contribution in [0.15, 0.2) is 12.2 Å². The molecule has 58 valence electrons. The Kier molecular flexibility index (Phi) is 4.37. The topological polar surface area (TPSA) is 3.24 Å². The molecular weight excluding hydrogens is 237 g/mol. The third-order valence-corrected chi connectivity index (χ3v) is 2.51. The van der Waals surface area contributed by atoms with Gasteiger partial charge in [-0.2, -0.15) is 0 Å². The zero-order valence-electron chi connectivity index (χ0n) is 6.22. The van der Waals surface area contributed by atoms with Gasteiger partial charge in [-0.15, -0.1) is 0 Å². The van der Waals surface area contributed by atoms with E-state index in [9.17, 15) is 0 Å². The lowest BCUT2D eigenvalue weighted by Crippen LogP contribution is -2.28. The van der Waals surface area contributed by atoms with E-state index in [0.717, 1.165) is 0 Å². The maximum absolute atomic E-state index is 2.51. The van der Waals surface area contributed by atoms with Crippen LogP contribution in [0.25, 0.3) is 0 Å². The van der Waals surface area contributed by atoms with E-state index in [2.05, 4.69) is 39.6 Å². The summed E-state index contributed by atoms with van der Waals surface area (Å²) in [6, 6.07) is 0. The molecule has 1 aliphatic rings. The monoisotopic (exact) mass is 251 g/mol. The zero-order chi connectivity index (χ0) is 7.23. The van der Waals surface area contributed by atoms with Gasteiger partial charge >= 0.3 is 0 Å². The molecule has 0 unspecified atom stereocenters. The molecule has 1 rings (SSSR count). The Morgan fingerprint density at radius 1 is 1.40 bits per heavy atom. The number of halogens is 1. The normalized spacial score (nSPS) is 19.7. The Labute approximate surface area is 76.6 Å². The van der Waals surface area contributed by atoms with E-state index >= 15 is 0 Å². The summed E-state index contributed by atoms with van der Waals surface area (Å²) in [4.78, 5) is 2.51. The Balaban J connectivity index is 2.10. The number of alkyl halides is 1. The number of rotatable bonds is 3. The van der Waals surface area contributed by atoms with Crippen molar-refractivity contribution in [3.8, 4) is 0 Å². The summed E-state index contributed by atoms with van der Waals surface area (Å²) in [5.41, 5.74) is 0. The van der Waals surface area contributed by atoms with E-state index in [0.29, 0.717) is 0 Å². The smallest absolute Gasteiger partial charge is 0.0163 e. The van der Waals surface area contributed by atoms with Crippen molar-refractivity contribution >= 4 is 22.6 Å². The number of hydrogen-bond acceptors (Lipinski definition) is 1. The molecule has 2 heteroatoms. The first-order valence-electron chi connectivity index (χ1n) is 3.87. The third-order valence-electron chi connectivity index (χ3n) is 1.75. The van der Waals surface area contributed by atoms with Gasteiger partial charge in [0.15, 0.2) is 0 Å². The molecule has 1 nitrogen and oxygen atoms in total. The average molecular weight is 251 g/mol. The molecule has 0 aliphatic carbocycles. The van der Waals surface area contributed by atoms with E-state index < -0.39 is 0 Å². The summed E-state index contributed by atoms with van der Waals surface area (Å²) < 4.78 is 1.29. The molecule has 0 amide bonds. The van der Waals surface area contributed by atoms with Crippen LogP contribution in [0.1, 0.15) is 12.8 Å². The molecule has 10 heavy (non-hydrogen) atoms. The molecule has 1 aliphatic heterocycles. The second kappa shape index (κ2) is 5.13. The quantitative estimate of drug-likeness (QED) is 0.421. The molecule has 0 saturated heterocycles. The lowest BCUT2D eigenvalue weighted by atomic mass is 10.2. The average Bonchev–Trinajstić information content (AvgIpc) is 2.03. The number of hydrogen-bond donors (Lipinski definition) is 0. The summed E-state index contributed by atoms with van der Waals surface area (Å²) in [6.07, 6.45) is 7.15. The van der Waals surface area contributed by atoms with Crippen molar-refractivity contribution in [1.82, 2.24) is 4.90 Å². The highest BCUT2D eigenvalue weighted by atomic mass is 127. The second-order valence-corrected chi connectivity index (χ2v) is 3.68. The van der Waals surface area contributed by atoms with Crippen molar-refractivity contribution in [2.45, 2.75) is 12.8 Å². The molecule has 0 radical (unpaired) electrons. The zero-order valence-corrected chi connectivity index (χ0v) is 8.38. The van der Waals surface area contributed by atoms with Crippen LogP contribution in [-0.2, 0) is 0 Å². The van der Waals surface area contributed by atoms with Gasteiger partial charge in [0, 0.05) is 17.5 Å². The molecular formula is C8H14IN. The summed E-state index contributed by atoms with van der Waals surface area (Å²) in [7, 11) is 0. The largest absolute Gasteiger partial charge is 0.299 e. The van der Waals surface area contributed by atoms with Crippen LogP contribution in [0.5, 0.6) is 0 Å². The molecule has 0 bridgehead atoms. The fraction of sp³-hybridized carbons (Fsp3) is 0.750. The maximum atomic E-state index is 2.51. The van der Waals surface area contributed by atoms with Crippen LogP contribution in [0.2, 0.25) is 0 Å². The van der Waals surface area contributed by atoms with Crippen molar-refractivity contribution in [2.24, 2.45) is 0 Å². The maximum Gasteiger partial charge on any atom is 0.0163 e. The molecule has 0 fully saturated rings. The Hall–Kier alpha value is 0.430. The van der Waals surface area contributed by atoms with Crippen molar-refractivity contribution in [1.29, 1.82) is 0 Å². The minimum absolute atomic E-state index is 1.18. The fourth-order valence-corrected chi connectivity index (χ4v) is 1.52. The van der Waals surface area contributed by atoms with Gasteiger partial charge in [-0.3, -0.25) is 4.90 Å². The number of nitrogens with zero attached hydrogens (tertiary/aromatic N) is 1. The van der Waals surface area contributed by atoms with Crippen molar-refractivity contribution < 1.29 is 0 Å². The SMILES string of the molecule is ICCCN1CC=CCC1. The minimum Gasteiger partial charge on any atom is -0.299 e. The van der Waals surface area contributed by atoms with Crippen LogP contribution in [0.3, 0.4) is 0 Å². The summed E-state index contributed by atoms with van der Waals surface area (Å²) >= 11 is 2.44. The van der Waals surface area contributed by atoms with Crippen LogP contribution >= 0.6 is 22.6 Å². The van der Waals surface area contributed by atoms with Crippen LogP contribution < -0.4 is 0 Å². The van der Waals surface area contributed by atoms with Gasteiger partial charge in [-0.25, -0.2) is 0 Å². The molecule has 0 N–H and O–H groups in total. The fourth-order valence-electron chi connectivity index (χ4n) is 1.18. The highest BCUT2D eigenvalue weighted by Gasteiger charge is 2.03. The summed E-state index contributed by atoms with van der Waals surface area (Å²) in [5.74, 6) is 0. The first kappa shape index (κ1) is 8.53. The van der Waals surface area contributed by atoms with Gasteiger partial charge in [0.05, 0.1) is 0 Å². The van der Waals surface area contributed by atoms with Gasteiger partial charge in [0.25, 0.3) is 0 Å². The molecule has 0 atom stereocenters. The van der Waals surface area contributed by atoms with Gasteiger partial charge in [0.2, 0.25) is 0 Å². The van der Waals surface area contributed by atoms with E-state index in [1.54, 1.807) is 0 Å². The summed E-state index contributed by atoms with van der Waals surface area (Å²) in [5, 5.41) is 0. The first-order chi connectivity index (χ1) is 4.93. The molecule has 0 aromatic heterocycles. The molecule has 0 aromatic rings. The highest BCUT2D eigenvalue weighted by Crippen LogP contribution is 2.02. The van der Waals surface area contributed by atoms with Gasteiger partial charge in [-0.05, 0) is 19.4 Å². The van der Waals surface area contributed by atoms with Crippen molar-refractivity contribution in [3.63, 3.8) is 0 Å². The molecule has 0 spiro atoms. The lowest BCUT2D eigenvalue weighted by molar-refractivity contribution is 0.301. The van der Waals surface area contributed by atoms with E-state index in [1.165, 1.54) is 36.9 Å². The van der Waals surface area contributed by atoms with E-state index in [-0.39, 0.29) is 0 Å². The predicted molar refractivity (Wildman–Crippen MR) is 53.7 cm³/mol. The Morgan fingerprint density at radius 3 is 2.90 bits per heavy atom. The van der Waals surface area contributed by atoms with E-state index in [4.69, 9.17) is 0 Å². The molecule has 0 aromatic carbocycles. The molecule has 0 saturated carbocycles. The van der Waals surface area contributed by atoms with Crippen LogP contribution in [0, 0.1) is 0 Å².